The molecule has 1 fully saturated rings. The summed E-state index contributed by atoms with van der Waals surface area (Å²) in [5, 5.41) is 6.66. The van der Waals surface area contributed by atoms with Gasteiger partial charge in [-0.15, -0.1) is 0 Å². The normalized spacial score (nSPS) is 19.0. The molecule has 116 valence electrons. The Hall–Kier alpha value is -1.39. The number of piperidine rings is 1. The molecule has 1 amide bonds. The van der Waals surface area contributed by atoms with Crippen molar-refractivity contribution in [2.45, 2.75) is 44.2 Å². The Labute approximate surface area is 127 Å². The highest BCUT2D eigenvalue weighted by molar-refractivity contribution is 5.77. The van der Waals surface area contributed by atoms with Crippen LogP contribution in [-0.4, -0.2) is 37.7 Å². The Morgan fingerprint density at radius 2 is 2.00 bits per heavy atom. The summed E-state index contributed by atoms with van der Waals surface area (Å²) in [5.41, 5.74) is 1.15. The lowest BCUT2D eigenvalue weighted by molar-refractivity contribution is -0.125. The maximum atomic E-state index is 12.3. The number of amides is 1. The number of hydrogen-bond acceptors (Lipinski definition) is 3. The lowest BCUT2D eigenvalue weighted by atomic mass is 9.82. The molecule has 2 N–H and O–H groups in total. The highest BCUT2D eigenvalue weighted by Crippen LogP contribution is 2.24. The summed E-state index contributed by atoms with van der Waals surface area (Å²) in [5.74, 6) is 0.0854. The van der Waals surface area contributed by atoms with Crippen molar-refractivity contribution in [1.82, 2.24) is 10.6 Å². The standard InChI is InChI=1S/C17H26N2O2/c1-14(21-2)12-16(20)19-17(8-10-18-11-9-17)13-15-6-4-3-5-7-15/h3-7,14,18H,8-13H2,1-2H3,(H,19,20). The molecule has 4 heteroatoms. The number of carbonyl (C=O) groups excluding carboxylic acids is 1. The van der Waals surface area contributed by atoms with Crippen LogP contribution in [0, 0.1) is 0 Å². The molecule has 4 nitrogen and oxygen atoms in total. The zero-order valence-electron chi connectivity index (χ0n) is 13.0. The van der Waals surface area contributed by atoms with Crippen molar-refractivity contribution in [3.05, 3.63) is 35.9 Å². The zero-order valence-corrected chi connectivity index (χ0v) is 13.0. The molecule has 0 spiro atoms. The van der Waals surface area contributed by atoms with Crippen molar-refractivity contribution in [2.75, 3.05) is 20.2 Å². The van der Waals surface area contributed by atoms with Crippen molar-refractivity contribution in [1.29, 1.82) is 0 Å². The molecule has 1 aromatic rings. The van der Waals surface area contributed by atoms with Crippen LogP contribution in [-0.2, 0) is 16.0 Å². The lowest BCUT2D eigenvalue weighted by Gasteiger charge is -2.39. The molecule has 1 heterocycles. The minimum absolute atomic E-state index is 0.0412. The van der Waals surface area contributed by atoms with Gasteiger partial charge in [-0.25, -0.2) is 0 Å². The summed E-state index contributed by atoms with van der Waals surface area (Å²) in [4.78, 5) is 12.3. The molecule has 1 aliphatic rings. The predicted molar refractivity (Wildman–Crippen MR) is 84.2 cm³/mol. The van der Waals surface area contributed by atoms with Crippen LogP contribution in [0.3, 0.4) is 0 Å². The van der Waals surface area contributed by atoms with E-state index in [1.165, 1.54) is 5.56 Å². The van der Waals surface area contributed by atoms with E-state index in [4.69, 9.17) is 4.74 Å². The molecule has 1 atom stereocenters. The number of ether oxygens (including phenoxy) is 1. The van der Waals surface area contributed by atoms with E-state index < -0.39 is 0 Å². The molecular formula is C17H26N2O2. The summed E-state index contributed by atoms with van der Waals surface area (Å²) >= 11 is 0. The number of benzene rings is 1. The first-order chi connectivity index (χ1) is 10.1. The molecule has 1 unspecified atom stereocenters. The average molecular weight is 290 g/mol. The summed E-state index contributed by atoms with van der Waals surface area (Å²) in [6.45, 7) is 3.83. The fourth-order valence-corrected chi connectivity index (χ4v) is 2.93. The Bertz CT molecular complexity index is 441. The number of rotatable bonds is 6. The van der Waals surface area contributed by atoms with Gasteiger partial charge < -0.3 is 15.4 Å². The average Bonchev–Trinajstić information content (AvgIpc) is 2.48. The van der Waals surface area contributed by atoms with E-state index in [0.29, 0.717) is 6.42 Å². The third-order valence-electron chi connectivity index (χ3n) is 4.23. The van der Waals surface area contributed by atoms with E-state index in [2.05, 4.69) is 34.9 Å². The van der Waals surface area contributed by atoms with E-state index in [0.717, 1.165) is 32.4 Å². The minimum atomic E-state index is -0.128. The van der Waals surface area contributed by atoms with Crippen molar-refractivity contribution >= 4 is 5.91 Å². The molecule has 1 aliphatic heterocycles. The monoisotopic (exact) mass is 290 g/mol. The smallest absolute Gasteiger partial charge is 0.223 e. The van der Waals surface area contributed by atoms with Gasteiger partial charge in [-0.05, 0) is 44.8 Å². The summed E-state index contributed by atoms with van der Waals surface area (Å²) in [6.07, 6.45) is 3.20. The second kappa shape index (κ2) is 7.57. The van der Waals surface area contributed by atoms with Crippen LogP contribution in [0.25, 0.3) is 0 Å². The van der Waals surface area contributed by atoms with Crippen LogP contribution >= 0.6 is 0 Å². The number of methoxy groups -OCH3 is 1. The van der Waals surface area contributed by atoms with Gasteiger partial charge in [0.15, 0.2) is 0 Å². The molecular weight excluding hydrogens is 264 g/mol. The second-order valence-corrected chi connectivity index (χ2v) is 5.99. The van der Waals surface area contributed by atoms with Gasteiger partial charge in [0.25, 0.3) is 0 Å². The van der Waals surface area contributed by atoms with Crippen molar-refractivity contribution in [3.8, 4) is 0 Å². The number of nitrogens with one attached hydrogen (secondary N) is 2. The molecule has 0 aliphatic carbocycles. The minimum Gasteiger partial charge on any atom is -0.381 e. The first kappa shape index (κ1) is 16.0. The zero-order chi connectivity index (χ0) is 15.1. The van der Waals surface area contributed by atoms with Gasteiger partial charge in [-0.3, -0.25) is 4.79 Å². The highest BCUT2D eigenvalue weighted by Gasteiger charge is 2.33. The van der Waals surface area contributed by atoms with E-state index in [9.17, 15) is 4.79 Å². The topological polar surface area (TPSA) is 50.4 Å². The maximum absolute atomic E-state index is 12.3. The SMILES string of the molecule is COC(C)CC(=O)NC1(Cc2ccccc2)CCNCC1. The van der Waals surface area contributed by atoms with Crippen LogP contribution in [0.5, 0.6) is 0 Å². The van der Waals surface area contributed by atoms with Crippen LogP contribution in [0.2, 0.25) is 0 Å². The van der Waals surface area contributed by atoms with Crippen LogP contribution < -0.4 is 10.6 Å². The van der Waals surface area contributed by atoms with Gasteiger partial charge in [-0.1, -0.05) is 30.3 Å². The van der Waals surface area contributed by atoms with Crippen molar-refractivity contribution in [3.63, 3.8) is 0 Å². The maximum Gasteiger partial charge on any atom is 0.223 e. The second-order valence-electron chi connectivity index (χ2n) is 5.99. The highest BCUT2D eigenvalue weighted by atomic mass is 16.5. The molecule has 0 bridgehead atoms. The fraction of sp³-hybridized carbons (Fsp3) is 0.588. The van der Waals surface area contributed by atoms with Crippen LogP contribution in [0.1, 0.15) is 31.7 Å². The van der Waals surface area contributed by atoms with E-state index >= 15 is 0 Å². The first-order valence-electron chi connectivity index (χ1n) is 7.72. The van der Waals surface area contributed by atoms with Crippen molar-refractivity contribution < 1.29 is 9.53 Å². The summed E-state index contributed by atoms with van der Waals surface area (Å²) in [6, 6.07) is 10.4. The third kappa shape index (κ3) is 4.83. The van der Waals surface area contributed by atoms with Gasteiger partial charge in [0, 0.05) is 12.6 Å². The van der Waals surface area contributed by atoms with Gasteiger partial charge in [0.2, 0.25) is 5.91 Å². The summed E-state index contributed by atoms with van der Waals surface area (Å²) < 4.78 is 5.19. The predicted octanol–water partition coefficient (Wildman–Crippen LogP) is 1.89. The van der Waals surface area contributed by atoms with E-state index in [-0.39, 0.29) is 17.6 Å². The molecule has 0 aromatic heterocycles. The van der Waals surface area contributed by atoms with Gasteiger partial charge in [0.1, 0.15) is 0 Å². The number of hydrogen-bond donors (Lipinski definition) is 2. The lowest BCUT2D eigenvalue weighted by Crippen LogP contribution is -2.56. The first-order valence-corrected chi connectivity index (χ1v) is 7.72. The Kier molecular flexibility index (Phi) is 5.76. The quantitative estimate of drug-likeness (QED) is 0.841. The van der Waals surface area contributed by atoms with E-state index in [1.807, 2.05) is 13.0 Å². The van der Waals surface area contributed by atoms with Gasteiger partial charge in [0.05, 0.1) is 12.5 Å². The Morgan fingerprint density at radius 3 is 2.62 bits per heavy atom. The molecule has 1 aromatic carbocycles. The van der Waals surface area contributed by atoms with E-state index in [1.54, 1.807) is 7.11 Å². The molecule has 21 heavy (non-hydrogen) atoms. The Morgan fingerprint density at radius 1 is 1.33 bits per heavy atom. The molecule has 1 saturated heterocycles. The number of carbonyl (C=O) groups is 1. The fourth-order valence-electron chi connectivity index (χ4n) is 2.93. The Balaban J connectivity index is 2.04. The van der Waals surface area contributed by atoms with Crippen LogP contribution in [0.15, 0.2) is 30.3 Å². The third-order valence-corrected chi connectivity index (χ3v) is 4.23. The molecule has 2 rings (SSSR count). The van der Waals surface area contributed by atoms with Gasteiger partial charge >= 0.3 is 0 Å². The van der Waals surface area contributed by atoms with Crippen molar-refractivity contribution in [2.24, 2.45) is 0 Å². The largest absolute Gasteiger partial charge is 0.381 e. The molecule has 0 radical (unpaired) electrons. The van der Waals surface area contributed by atoms with Gasteiger partial charge in [-0.2, -0.15) is 0 Å². The molecule has 0 saturated carbocycles. The van der Waals surface area contributed by atoms with Crippen LogP contribution in [0.4, 0.5) is 0 Å². The summed E-state index contributed by atoms with van der Waals surface area (Å²) in [7, 11) is 1.64.